The van der Waals surface area contributed by atoms with Gasteiger partial charge < -0.3 is 5.11 Å². The van der Waals surface area contributed by atoms with E-state index in [1.165, 1.54) is 6.08 Å². The molecule has 0 saturated heterocycles. The van der Waals surface area contributed by atoms with Crippen LogP contribution >= 0.6 is 0 Å². The Labute approximate surface area is 48.6 Å². The zero-order chi connectivity index (χ0) is 6.12. The van der Waals surface area contributed by atoms with Gasteiger partial charge in [-0.25, -0.2) is 0 Å². The van der Waals surface area contributed by atoms with E-state index in [0.29, 0.717) is 0 Å². The predicted molar refractivity (Wildman–Crippen MR) is 18.7 cm³/mol. The third-order valence-electron chi connectivity index (χ3n) is 0.129. The first kappa shape index (κ1) is 9.99. The molecule has 0 atom stereocenters. The van der Waals surface area contributed by atoms with E-state index in [1.807, 2.05) is 0 Å². The third kappa shape index (κ3) is 114. The van der Waals surface area contributed by atoms with E-state index in [9.17, 15) is 0 Å². The molecule has 0 fully saturated rings. The Morgan fingerprint density at radius 3 is 1.86 bits per heavy atom. The monoisotopic (exact) mass is 141 g/mol. The minimum atomic E-state index is -1.81. The maximum atomic E-state index is 8.47. The van der Waals surface area contributed by atoms with Crippen LogP contribution in [0, 0.1) is 0 Å². The number of hydrogen-bond acceptors (Lipinski definition) is 3. The van der Waals surface area contributed by atoms with Gasteiger partial charge in [0.2, 0.25) is 0 Å². The van der Waals surface area contributed by atoms with Gasteiger partial charge in [-0.3, -0.25) is 0 Å². The van der Waals surface area contributed by atoms with Crippen LogP contribution in [0.3, 0.4) is 0 Å². The van der Waals surface area contributed by atoms with Crippen LogP contribution in [-0.4, -0.2) is 11.7 Å². The van der Waals surface area contributed by atoms with Crippen molar-refractivity contribution in [3.63, 3.8) is 0 Å². The zero-order valence-electron chi connectivity index (χ0n) is 3.70. The molecule has 0 amide bonds. The summed E-state index contributed by atoms with van der Waals surface area (Å²) < 4.78 is 16.9. The molecule has 0 aliphatic heterocycles. The van der Waals surface area contributed by atoms with Crippen LogP contribution in [0.1, 0.15) is 0 Å². The van der Waals surface area contributed by atoms with Gasteiger partial charge in [0, 0.05) is 0 Å². The maximum absolute atomic E-state index is 8.47. The van der Waals surface area contributed by atoms with Crippen LogP contribution in [0.15, 0.2) is 12.7 Å². The van der Waals surface area contributed by atoms with Crippen molar-refractivity contribution in [2.75, 3.05) is 6.61 Å². The van der Waals surface area contributed by atoms with Gasteiger partial charge in [-0.15, -0.1) is 6.58 Å². The average molecular weight is 141 g/mol. The van der Waals surface area contributed by atoms with Gasteiger partial charge in [0.1, 0.15) is 0 Å². The quantitative estimate of drug-likeness (QED) is 0.519. The SMILES string of the molecule is C=CCO.[O]=[V]=[O]. The van der Waals surface area contributed by atoms with Gasteiger partial charge in [0.25, 0.3) is 0 Å². The van der Waals surface area contributed by atoms with E-state index in [1.54, 1.807) is 0 Å². The Balaban J connectivity index is 0. The molecular formula is C3H6O3V. The second kappa shape index (κ2) is 16.9. The molecule has 1 N–H and O–H groups in total. The fraction of sp³-hybridized carbons (Fsp3) is 0.333. The average Bonchev–Trinajstić information content (AvgIpc) is 1.69. The van der Waals surface area contributed by atoms with E-state index in [4.69, 9.17) is 12.5 Å². The first-order valence-corrected chi connectivity index (χ1v) is 2.64. The van der Waals surface area contributed by atoms with Crippen LogP contribution in [0.2, 0.25) is 0 Å². The summed E-state index contributed by atoms with van der Waals surface area (Å²) in [6.45, 7) is 3.31. The second-order valence-electron chi connectivity index (χ2n) is 0.546. The van der Waals surface area contributed by atoms with Crippen LogP contribution < -0.4 is 0 Å². The van der Waals surface area contributed by atoms with Gasteiger partial charge in [-0.1, -0.05) is 6.08 Å². The van der Waals surface area contributed by atoms with Crippen LogP contribution in [0.5, 0.6) is 0 Å². The molecule has 3 nitrogen and oxygen atoms in total. The molecule has 0 aromatic rings. The summed E-state index contributed by atoms with van der Waals surface area (Å²) in [6.07, 6.45) is 1.43. The molecule has 0 bridgehead atoms. The summed E-state index contributed by atoms with van der Waals surface area (Å²) in [5, 5.41) is 7.76. The molecular weight excluding hydrogens is 135 g/mol. The van der Waals surface area contributed by atoms with Crippen molar-refractivity contribution in [3.8, 4) is 0 Å². The van der Waals surface area contributed by atoms with Crippen molar-refractivity contribution >= 4 is 0 Å². The summed E-state index contributed by atoms with van der Waals surface area (Å²) in [5.74, 6) is 0. The first-order valence-electron chi connectivity index (χ1n) is 1.50. The topological polar surface area (TPSA) is 54.4 Å². The molecule has 0 saturated carbocycles. The molecule has 4 heteroatoms. The van der Waals surface area contributed by atoms with E-state index < -0.39 is 16.2 Å². The summed E-state index contributed by atoms with van der Waals surface area (Å²) in [7, 11) is 0. The molecule has 0 rings (SSSR count). The molecule has 7 heavy (non-hydrogen) atoms. The fourth-order valence-corrected chi connectivity index (χ4v) is 0. The molecule has 0 aliphatic rings. The second-order valence-corrected chi connectivity index (χ2v) is 0.779. The summed E-state index contributed by atoms with van der Waals surface area (Å²) >= 11 is -1.81. The van der Waals surface area contributed by atoms with E-state index >= 15 is 0 Å². The first-order chi connectivity index (χ1) is 3.33. The standard InChI is InChI=1S/C3H6O.2O.V/c1-2-3-4;;;/h2,4H,1,3H2;;;. The normalized spacial score (nSPS) is 4.71. The van der Waals surface area contributed by atoms with E-state index in [2.05, 4.69) is 6.58 Å². The van der Waals surface area contributed by atoms with Crippen LogP contribution in [0.25, 0.3) is 0 Å². The van der Waals surface area contributed by atoms with Gasteiger partial charge in [0.05, 0.1) is 6.61 Å². The van der Waals surface area contributed by atoms with Gasteiger partial charge in [-0.2, -0.15) is 0 Å². The molecule has 0 heterocycles. The van der Waals surface area contributed by atoms with Crippen molar-refractivity contribution in [3.05, 3.63) is 12.7 Å². The summed E-state index contributed by atoms with van der Waals surface area (Å²) in [5.41, 5.74) is 0. The summed E-state index contributed by atoms with van der Waals surface area (Å²) in [4.78, 5) is 0. The number of hydrogen-bond donors (Lipinski definition) is 1. The Hall–Kier alpha value is -0.116. The molecule has 0 spiro atoms. The third-order valence-corrected chi connectivity index (χ3v) is 0.129. The van der Waals surface area contributed by atoms with Crippen molar-refractivity contribution in [1.29, 1.82) is 0 Å². The molecule has 0 aromatic carbocycles. The molecule has 41 valence electrons. The Kier molecular flexibility index (Phi) is 24.1. The van der Waals surface area contributed by atoms with Crippen molar-refractivity contribution in [2.45, 2.75) is 0 Å². The number of aliphatic hydroxyl groups excluding tert-OH is 1. The molecule has 0 aromatic heterocycles. The van der Waals surface area contributed by atoms with E-state index in [-0.39, 0.29) is 6.61 Å². The Morgan fingerprint density at radius 2 is 1.86 bits per heavy atom. The fourth-order valence-electron chi connectivity index (χ4n) is 0. The number of aliphatic hydroxyl groups is 1. The summed E-state index contributed by atoms with van der Waals surface area (Å²) in [6, 6.07) is 0. The van der Waals surface area contributed by atoms with Crippen molar-refractivity contribution < 1.29 is 28.6 Å². The Bertz CT molecular complexity index is 64.6. The predicted octanol–water partition coefficient (Wildman–Crippen LogP) is -0.0754. The van der Waals surface area contributed by atoms with E-state index in [0.717, 1.165) is 0 Å². The van der Waals surface area contributed by atoms with Gasteiger partial charge >= 0.3 is 23.5 Å². The van der Waals surface area contributed by atoms with Crippen molar-refractivity contribution in [2.24, 2.45) is 0 Å². The van der Waals surface area contributed by atoms with Crippen LogP contribution in [0.4, 0.5) is 0 Å². The molecule has 0 radical (unpaired) electrons. The minimum absolute atomic E-state index is 0.0833. The Morgan fingerprint density at radius 1 is 1.71 bits per heavy atom. The van der Waals surface area contributed by atoms with Gasteiger partial charge in [-0.05, 0) is 0 Å². The number of rotatable bonds is 1. The van der Waals surface area contributed by atoms with Crippen molar-refractivity contribution in [1.82, 2.24) is 0 Å². The zero-order valence-corrected chi connectivity index (χ0v) is 5.10. The van der Waals surface area contributed by atoms with Gasteiger partial charge in [0.15, 0.2) is 0 Å². The molecule has 0 aliphatic carbocycles. The van der Waals surface area contributed by atoms with Crippen LogP contribution in [-0.2, 0) is 23.5 Å². The molecule has 0 unspecified atom stereocenters.